The third-order valence-corrected chi connectivity index (χ3v) is 5.39. The highest BCUT2D eigenvalue weighted by Crippen LogP contribution is 2.42. The molecule has 10 heteroatoms. The number of rotatable bonds is 13. The van der Waals surface area contributed by atoms with E-state index in [1.807, 2.05) is 6.92 Å². The van der Waals surface area contributed by atoms with Crippen molar-refractivity contribution in [1.29, 1.82) is 0 Å². The van der Waals surface area contributed by atoms with E-state index < -0.39 is 23.0 Å². The number of nitrogens with one attached hydrogen (secondary N) is 2. The van der Waals surface area contributed by atoms with Gasteiger partial charge < -0.3 is 24.8 Å². The van der Waals surface area contributed by atoms with E-state index in [4.69, 9.17) is 14.2 Å². The molecule has 33 heavy (non-hydrogen) atoms. The highest BCUT2D eigenvalue weighted by atomic mass is 16.6. The van der Waals surface area contributed by atoms with Gasteiger partial charge in [-0.1, -0.05) is 39.5 Å². The molecule has 1 aliphatic heterocycles. The normalized spacial score (nSPS) is 15.5. The maximum absolute atomic E-state index is 12.6. The van der Waals surface area contributed by atoms with Crippen LogP contribution in [0.5, 0.6) is 11.5 Å². The topological polar surface area (TPSA) is 129 Å². The van der Waals surface area contributed by atoms with Gasteiger partial charge in [0.1, 0.15) is 0 Å². The van der Waals surface area contributed by atoms with Crippen LogP contribution in [0.1, 0.15) is 70.4 Å². The van der Waals surface area contributed by atoms with E-state index in [1.54, 1.807) is 6.07 Å². The van der Waals surface area contributed by atoms with Crippen molar-refractivity contribution < 1.29 is 28.7 Å². The Bertz CT molecular complexity index is 898. The smallest absolute Gasteiger partial charge is 0.337 e. The Morgan fingerprint density at radius 3 is 2.45 bits per heavy atom. The Balaban J connectivity index is 2.52. The predicted octanol–water partition coefficient (Wildman–Crippen LogP) is 4.53. The first-order valence-electron chi connectivity index (χ1n) is 11.3. The molecule has 0 aliphatic carbocycles. The van der Waals surface area contributed by atoms with Gasteiger partial charge in [0.15, 0.2) is 5.75 Å². The van der Waals surface area contributed by atoms with Crippen LogP contribution in [-0.4, -0.2) is 37.8 Å². The third kappa shape index (κ3) is 6.59. The number of nitro groups is 1. The molecule has 1 aromatic rings. The van der Waals surface area contributed by atoms with Crippen molar-refractivity contribution in [2.45, 2.75) is 64.8 Å². The van der Waals surface area contributed by atoms with Gasteiger partial charge >= 0.3 is 17.7 Å². The van der Waals surface area contributed by atoms with Crippen molar-refractivity contribution in [3.63, 3.8) is 0 Å². The Labute approximate surface area is 193 Å². The summed E-state index contributed by atoms with van der Waals surface area (Å²) in [5, 5.41) is 17.2. The number of ether oxygens (including phenoxy) is 3. The number of nitro benzene ring substituents is 1. The quantitative estimate of drug-likeness (QED) is 0.190. The number of allylic oxidation sites excluding steroid dienone is 1. The van der Waals surface area contributed by atoms with Gasteiger partial charge in [-0.3, -0.25) is 10.1 Å². The fraction of sp³-hybridized carbons (Fsp3) is 0.565. The van der Waals surface area contributed by atoms with Crippen molar-refractivity contribution >= 4 is 17.7 Å². The van der Waals surface area contributed by atoms with Gasteiger partial charge in [0, 0.05) is 11.8 Å². The van der Waals surface area contributed by atoms with Gasteiger partial charge in [0.25, 0.3) is 0 Å². The number of carbonyl (C=O) groups is 2. The summed E-state index contributed by atoms with van der Waals surface area (Å²) in [7, 11) is 2.64. The zero-order valence-electron chi connectivity index (χ0n) is 19.7. The Kier molecular flexibility index (Phi) is 9.96. The van der Waals surface area contributed by atoms with Crippen LogP contribution in [0.15, 0.2) is 23.4 Å². The summed E-state index contributed by atoms with van der Waals surface area (Å²) in [6, 6.07) is 1.41. The lowest BCUT2D eigenvalue weighted by atomic mass is 9.93. The van der Waals surface area contributed by atoms with Gasteiger partial charge in [0.05, 0.1) is 37.4 Å². The van der Waals surface area contributed by atoms with Gasteiger partial charge in [-0.2, -0.15) is 0 Å². The summed E-state index contributed by atoms with van der Waals surface area (Å²) in [6.45, 7) is 4.40. The first-order chi connectivity index (χ1) is 15.9. The lowest BCUT2D eigenvalue weighted by Gasteiger charge is -2.29. The highest BCUT2D eigenvalue weighted by Gasteiger charge is 2.35. The Morgan fingerprint density at radius 2 is 1.85 bits per heavy atom. The Hall–Kier alpha value is -3.30. The molecule has 1 aliphatic rings. The Morgan fingerprint density at radius 1 is 1.12 bits per heavy atom. The molecule has 0 aromatic heterocycles. The number of nitrogens with zero attached hydrogens (tertiary/aromatic N) is 1. The van der Waals surface area contributed by atoms with E-state index in [1.165, 1.54) is 20.3 Å². The van der Waals surface area contributed by atoms with E-state index in [9.17, 15) is 19.7 Å². The average Bonchev–Trinajstić information content (AvgIpc) is 2.81. The van der Waals surface area contributed by atoms with Crippen LogP contribution >= 0.6 is 0 Å². The van der Waals surface area contributed by atoms with E-state index in [-0.39, 0.29) is 22.8 Å². The maximum atomic E-state index is 12.6. The van der Waals surface area contributed by atoms with Crippen LogP contribution in [0.4, 0.5) is 10.5 Å². The molecular formula is C23H33N3O7. The maximum Gasteiger partial charge on any atom is 0.337 e. The molecular weight excluding hydrogens is 430 g/mol. The number of esters is 1. The third-order valence-electron chi connectivity index (χ3n) is 5.39. The first-order valence-corrected chi connectivity index (χ1v) is 11.3. The summed E-state index contributed by atoms with van der Waals surface area (Å²) in [5.74, 6) is -0.448. The molecule has 1 aromatic carbocycles. The van der Waals surface area contributed by atoms with Crippen molar-refractivity contribution in [2.75, 3.05) is 20.8 Å². The zero-order valence-corrected chi connectivity index (χ0v) is 19.7. The molecule has 0 fully saturated rings. The molecule has 0 radical (unpaired) electrons. The molecule has 2 N–H and O–H groups in total. The van der Waals surface area contributed by atoms with Crippen LogP contribution < -0.4 is 20.1 Å². The molecule has 1 unspecified atom stereocenters. The minimum absolute atomic E-state index is 0.0258. The SMILES string of the molecule is CCCCCCOc1c(OC)cc(C2NC(=O)NC(CCCC)=C2C(=O)OC)cc1[N+](=O)[O-]. The molecule has 182 valence electrons. The molecule has 1 heterocycles. The van der Waals surface area contributed by atoms with Crippen LogP contribution in [0, 0.1) is 10.1 Å². The molecule has 0 spiro atoms. The standard InChI is InChI=1S/C23H33N3O7/c1-5-7-9-10-12-33-21-17(26(29)30)13-15(14-18(21)31-3)20-19(22(27)32-4)16(11-8-6-2)24-23(28)25-20/h13-14,20H,5-12H2,1-4H3,(H2,24,25,28). The lowest BCUT2D eigenvalue weighted by Crippen LogP contribution is -2.46. The van der Waals surface area contributed by atoms with Gasteiger partial charge in [-0.05, 0) is 30.9 Å². The molecule has 2 rings (SSSR count). The monoisotopic (exact) mass is 463 g/mol. The molecule has 0 bridgehead atoms. The minimum atomic E-state index is -0.940. The van der Waals surface area contributed by atoms with Crippen LogP contribution in [0.2, 0.25) is 0 Å². The molecule has 10 nitrogen and oxygen atoms in total. The molecule has 0 saturated heterocycles. The summed E-state index contributed by atoms with van der Waals surface area (Å²) in [4.78, 5) is 36.3. The van der Waals surface area contributed by atoms with Gasteiger partial charge in [0.2, 0.25) is 5.75 Å². The second-order valence-electron chi connectivity index (χ2n) is 7.76. The average molecular weight is 464 g/mol. The number of methoxy groups -OCH3 is 2. The number of benzene rings is 1. The summed E-state index contributed by atoms with van der Waals surface area (Å²) < 4.78 is 16.1. The van der Waals surface area contributed by atoms with Gasteiger partial charge in [-0.15, -0.1) is 0 Å². The fourth-order valence-electron chi connectivity index (χ4n) is 3.68. The van der Waals surface area contributed by atoms with Gasteiger partial charge in [-0.25, -0.2) is 9.59 Å². The van der Waals surface area contributed by atoms with Crippen LogP contribution in [-0.2, 0) is 9.53 Å². The van der Waals surface area contributed by atoms with Crippen molar-refractivity contribution in [1.82, 2.24) is 10.6 Å². The number of carbonyl (C=O) groups excluding carboxylic acids is 2. The number of hydrogen-bond donors (Lipinski definition) is 2. The molecule has 2 amide bonds. The largest absolute Gasteiger partial charge is 0.493 e. The fourth-order valence-corrected chi connectivity index (χ4v) is 3.68. The highest BCUT2D eigenvalue weighted by molar-refractivity contribution is 5.95. The second-order valence-corrected chi connectivity index (χ2v) is 7.76. The molecule has 1 atom stereocenters. The van der Waals surface area contributed by atoms with E-state index in [2.05, 4.69) is 17.6 Å². The summed E-state index contributed by atoms with van der Waals surface area (Å²) in [6.07, 6.45) is 5.90. The zero-order chi connectivity index (χ0) is 24.4. The lowest BCUT2D eigenvalue weighted by molar-refractivity contribution is -0.386. The number of hydrogen-bond acceptors (Lipinski definition) is 7. The predicted molar refractivity (Wildman–Crippen MR) is 122 cm³/mol. The first kappa shape index (κ1) is 26.0. The van der Waals surface area contributed by atoms with E-state index in [0.29, 0.717) is 24.3 Å². The number of amides is 2. The van der Waals surface area contributed by atoms with Crippen LogP contribution in [0.25, 0.3) is 0 Å². The summed E-state index contributed by atoms with van der Waals surface area (Å²) >= 11 is 0. The summed E-state index contributed by atoms with van der Waals surface area (Å²) in [5.41, 5.74) is 0.665. The second kappa shape index (κ2) is 12.7. The van der Waals surface area contributed by atoms with Crippen molar-refractivity contribution in [3.05, 3.63) is 39.1 Å². The van der Waals surface area contributed by atoms with E-state index in [0.717, 1.165) is 38.5 Å². The van der Waals surface area contributed by atoms with Crippen molar-refractivity contribution in [2.24, 2.45) is 0 Å². The minimum Gasteiger partial charge on any atom is -0.493 e. The number of unbranched alkanes of at least 4 members (excludes halogenated alkanes) is 4. The van der Waals surface area contributed by atoms with E-state index >= 15 is 0 Å². The molecule has 0 saturated carbocycles. The number of urea groups is 1. The van der Waals surface area contributed by atoms with Crippen molar-refractivity contribution in [3.8, 4) is 11.5 Å². The van der Waals surface area contributed by atoms with Crippen LogP contribution in [0.3, 0.4) is 0 Å².